The Morgan fingerprint density at radius 3 is 2.45 bits per heavy atom. The summed E-state index contributed by atoms with van der Waals surface area (Å²) in [5.41, 5.74) is 3.57. The molecule has 33 heavy (non-hydrogen) atoms. The molecule has 1 aliphatic heterocycles. The second-order valence-electron chi connectivity index (χ2n) is 9.31. The van der Waals surface area contributed by atoms with Crippen LogP contribution in [0.4, 0.5) is 0 Å². The van der Waals surface area contributed by atoms with Gasteiger partial charge in [0.15, 0.2) is 0 Å². The van der Waals surface area contributed by atoms with Gasteiger partial charge in [0.2, 0.25) is 15.9 Å². The lowest BCUT2D eigenvalue weighted by molar-refractivity contribution is -0.126. The van der Waals surface area contributed by atoms with E-state index < -0.39 is 10.0 Å². The average molecular weight is 471 g/mol. The minimum Gasteiger partial charge on any atom is -0.491 e. The molecule has 0 aromatic heterocycles. The molecule has 0 atom stereocenters. The maximum Gasteiger partial charge on any atom is 0.243 e. The SMILES string of the molecule is CC(C)Oc1ccc(CCNC(=O)C2CCN(S(=O)(=O)c3ccc4c(c3)CCC4)CC2)cc1. The molecular weight excluding hydrogens is 436 g/mol. The molecule has 1 saturated heterocycles. The van der Waals surface area contributed by atoms with Crippen molar-refractivity contribution < 1.29 is 17.9 Å². The van der Waals surface area contributed by atoms with Crippen LogP contribution in [-0.2, 0) is 34.1 Å². The number of aryl methyl sites for hydroxylation is 2. The number of fused-ring (bicyclic) bond motifs is 1. The van der Waals surface area contributed by atoms with Gasteiger partial charge in [-0.3, -0.25) is 4.79 Å². The first-order valence-corrected chi connectivity index (χ1v) is 13.4. The highest BCUT2D eigenvalue weighted by atomic mass is 32.2. The fraction of sp³-hybridized carbons (Fsp3) is 0.500. The Morgan fingerprint density at radius 2 is 1.76 bits per heavy atom. The van der Waals surface area contributed by atoms with Crippen LogP contribution in [0.1, 0.15) is 49.8 Å². The van der Waals surface area contributed by atoms with Crippen molar-refractivity contribution in [3.63, 3.8) is 0 Å². The highest BCUT2D eigenvalue weighted by Gasteiger charge is 2.32. The van der Waals surface area contributed by atoms with Gasteiger partial charge in [-0.05, 0) is 93.3 Å². The van der Waals surface area contributed by atoms with E-state index in [1.807, 2.05) is 50.2 Å². The van der Waals surface area contributed by atoms with E-state index >= 15 is 0 Å². The largest absolute Gasteiger partial charge is 0.491 e. The molecule has 178 valence electrons. The highest BCUT2D eigenvalue weighted by molar-refractivity contribution is 7.89. The molecule has 7 heteroatoms. The van der Waals surface area contributed by atoms with Gasteiger partial charge in [0.25, 0.3) is 0 Å². The first kappa shape index (κ1) is 23.8. The smallest absolute Gasteiger partial charge is 0.243 e. The molecule has 0 bridgehead atoms. The van der Waals surface area contributed by atoms with Gasteiger partial charge >= 0.3 is 0 Å². The maximum absolute atomic E-state index is 13.1. The third-order valence-electron chi connectivity index (χ3n) is 6.54. The van der Waals surface area contributed by atoms with E-state index in [0.29, 0.717) is 37.4 Å². The maximum atomic E-state index is 13.1. The molecule has 1 amide bonds. The number of carbonyl (C=O) groups excluding carboxylic acids is 1. The molecule has 0 saturated carbocycles. The third-order valence-corrected chi connectivity index (χ3v) is 8.44. The quantitative estimate of drug-likeness (QED) is 0.638. The number of nitrogens with one attached hydrogen (secondary N) is 1. The first-order valence-electron chi connectivity index (χ1n) is 12.0. The molecule has 1 N–H and O–H groups in total. The zero-order valence-electron chi connectivity index (χ0n) is 19.5. The number of sulfonamides is 1. The molecule has 1 aliphatic carbocycles. The molecule has 1 heterocycles. The lowest BCUT2D eigenvalue weighted by Gasteiger charge is -2.30. The predicted molar refractivity (Wildman–Crippen MR) is 129 cm³/mol. The van der Waals surface area contributed by atoms with E-state index in [-0.39, 0.29) is 17.9 Å². The molecule has 1 fully saturated rings. The number of nitrogens with zero attached hydrogens (tertiary/aromatic N) is 1. The minimum atomic E-state index is -3.51. The van der Waals surface area contributed by atoms with E-state index in [9.17, 15) is 13.2 Å². The van der Waals surface area contributed by atoms with Crippen LogP contribution in [0, 0.1) is 5.92 Å². The Morgan fingerprint density at radius 1 is 1.06 bits per heavy atom. The van der Waals surface area contributed by atoms with Crippen molar-refractivity contribution >= 4 is 15.9 Å². The van der Waals surface area contributed by atoms with E-state index in [4.69, 9.17) is 4.74 Å². The Labute approximate surface area is 197 Å². The fourth-order valence-corrected chi connectivity index (χ4v) is 6.22. The molecule has 2 aliphatic rings. The van der Waals surface area contributed by atoms with Crippen LogP contribution in [-0.4, -0.2) is 44.4 Å². The van der Waals surface area contributed by atoms with Crippen molar-refractivity contribution in [1.82, 2.24) is 9.62 Å². The zero-order chi connectivity index (χ0) is 23.4. The van der Waals surface area contributed by atoms with Crippen molar-refractivity contribution in [2.45, 2.75) is 63.4 Å². The van der Waals surface area contributed by atoms with Crippen LogP contribution < -0.4 is 10.1 Å². The topological polar surface area (TPSA) is 75.7 Å². The fourth-order valence-electron chi connectivity index (χ4n) is 4.70. The van der Waals surface area contributed by atoms with E-state index in [1.54, 1.807) is 6.07 Å². The van der Waals surface area contributed by atoms with Crippen LogP contribution in [0.5, 0.6) is 5.75 Å². The van der Waals surface area contributed by atoms with Crippen LogP contribution in [0.25, 0.3) is 0 Å². The van der Waals surface area contributed by atoms with Gasteiger partial charge in [0.05, 0.1) is 11.0 Å². The molecule has 2 aromatic carbocycles. The van der Waals surface area contributed by atoms with Crippen molar-refractivity contribution in [1.29, 1.82) is 0 Å². The van der Waals surface area contributed by atoms with E-state index in [1.165, 1.54) is 9.87 Å². The number of amides is 1. The van der Waals surface area contributed by atoms with Gasteiger partial charge < -0.3 is 10.1 Å². The Bertz CT molecular complexity index is 1070. The monoisotopic (exact) mass is 470 g/mol. The summed E-state index contributed by atoms with van der Waals surface area (Å²) in [7, 11) is -3.51. The summed E-state index contributed by atoms with van der Waals surface area (Å²) in [6, 6.07) is 13.5. The lowest BCUT2D eigenvalue weighted by atomic mass is 9.97. The summed E-state index contributed by atoms with van der Waals surface area (Å²) in [5, 5.41) is 3.02. The van der Waals surface area contributed by atoms with Crippen LogP contribution >= 0.6 is 0 Å². The number of hydrogen-bond donors (Lipinski definition) is 1. The number of hydrogen-bond acceptors (Lipinski definition) is 4. The summed E-state index contributed by atoms with van der Waals surface area (Å²) < 4.78 is 33.4. The second kappa shape index (κ2) is 10.3. The van der Waals surface area contributed by atoms with Gasteiger partial charge in [0.1, 0.15) is 5.75 Å². The number of piperidine rings is 1. The average Bonchev–Trinajstić information content (AvgIpc) is 3.28. The molecule has 2 aromatic rings. The number of carbonyl (C=O) groups is 1. The van der Waals surface area contributed by atoms with Crippen LogP contribution in [0.2, 0.25) is 0 Å². The van der Waals surface area contributed by atoms with Crippen molar-refractivity contribution in [2.24, 2.45) is 5.92 Å². The summed E-state index contributed by atoms with van der Waals surface area (Å²) in [4.78, 5) is 13.0. The summed E-state index contributed by atoms with van der Waals surface area (Å²) in [6.45, 7) is 5.33. The van der Waals surface area contributed by atoms with E-state index in [2.05, 4.69) is 5.32 Å². The van der Waals surface area contributed by atoms with Gasteiger partial charge in [-0.15, -0.1) is 0 Å². The van der Waals surface area contributed by atoms with Crippen LogP contribution in [0.15, 0.2) is 47.4 Å². The normalized spacial score (nSPS) is 17.2. The molecule has 4 rings (SSSR count). The van der Waals surface area contributed by atoms with Crippen molar-refractivity contribution in [3.8, 4) is 5.75 Å². The Balaban J connectivity index is 1.24. The molecule has 6 nitrogen and oxygen atoms in total. The molecule has 0 radical (unpaired) electrons. The highest BCUT2D eigenvalue weighted by Crippen LogP contribution is 2.28. The van der Waals surface area contributed by atoms with Crippen LogP contribution in [0.3, 0.4) is 0 Å². The first-order chi connectivity index (χ1) is 15.8. The van der Waals surface area contributed by atoms with Gasteiger partial charge in [-0.2, -0.15) is 4.31 Å². The molecular formula is C26H34N2O4S. The number of rotatable bonds is 8. The Kier molecular flexibility index (Phi) is 7.39. The Hall–Kier alpha value is -2.38. The van der Waals surface area contributed by atoms with Crippen molar-refractivity contribution in [3.05, 3.63) is 59.2 Å². The summed E-state index contributed by atoms with van der Waals surface area (Å²) >= 11 is 0. The van der Waals surface area contributed by atoms with Crippen molar-refractivity contribution in [2.75, 3.05) is 19.6 Å². The minimum absolute atomic E-state index is 0.0179. The summed E-state index contributed by atoms with van der Waals surface area (Å²) in [5.74, 6) is 0.724. The third kappa shape index (κ3) is 5.76. The van der Waals surface area contributed by atoms with Gasteiger partial charge in [-0.25, -0.2) is 8.42 Å². The van der Waals surface area contributed by atoms with Gasteiger partial charge in [0, 0.05) is 25.6 Å². The summed E-state index contributed by atoms with van der Waals surface area (Å²) in [6.07, 6.45) is 5.08. The second-order valence-corrected chi connectivity index (χ2v) is 11.3. The van der Waals surface area contributed by atoms with E-state index in [0.717, 1.165) is 42.6 Å². The predicted octanol–water partition coefficient (Wildman–Crippen LogP) is 3.72. The zero-order valence-corrected chi connectivity index (χ0v) is 20.4. The number of ether oxygens (including phenoxy) is 1. The number of benzene rings is 2. The molecule has 0 unspecified atom stereocenters. The molecule has 0 spiro atoms. The van der Waals surface area contributed by atoms with Gasteiger partial charge in [-0.1, -0.05) is 18.2 Å². The standard InChI is InChI=1S/C26H34N2O4S/c1-19(2)32-24-9-6-20(7-10-24)12-15-27-26(29)22-13-16-28(17-14-22)33(30,31)25-11-8-21-4-3-5-23(21)18-25/h6-11,18-19,22H,3-5,12-17H2,1-2H3,(H,27,29). The lowest BCUT2D eigenvalue weighted by Crippen LogP contribution is -2.43.